The van der Waals surface area contributed by atoms with Crippen LogP contribution in [0, 0.1) is 5.82 Å². The Morgan fingerprint density at radius 2 is 1.61 bits per heavy atom. The summed E-state index contributed by atoms with van der Waals surface area (Å²) < 4.78 is 51.6. The topological polar surface area (TPSA) is 84.9 Å². The molecule has 1 N–H and O–H groups in total. The molecule has 7 nitrogen and oxygen atoms in total. The number of hydrogen-bond acceptors (Lipinski definition) is 5. The molecule has 0 fully saturated rings. The molecule has 0 saturated carbocycles. The lowest BCUT2D eigenvalue weighted by molar-refractivity contribution is -0.120. The fourth-order valence-corrected chi connectivity index (χ4v) is 4.74. The van der Waals surface area contributed by atoms with E-state index in [9.17, 15) is 17.6 Å². The lowest BCUT2D eigenvalue weighted by Crippen LogP contribution is -2.41. The Balaban J connectivity index is 1.89. The van der Waals surface area contributed by atoms with E-state index in [0.717, 1.165) is 22.0 Å². The number of carbonyl (C=O) groups is 1. The maximum atomic E-state index is 13.5. The first-order valence-electron chi connectivity index (χ1n) is 10.1. The highest BCUT2D eigenvalue weighted by Crippen LogP contribution is 2.27. The van der Waals surface area contributed by atoms with Crippen LogP contribution < -0.4 is 19.1 Å². The number of benzene rings is 3. The smallest absolute Gasteiger partial charge is 0.264 e. The zero-order chi connectivity index (χ0) is 24.0. The molecule has 0 aliphatic carbocycles. The Labute approximate surface area is 192 Å². The van der Waals surface area contributed by atoms with Crippen LogP contribution >= 0.6 is 0 Å². The summed E-state index contributed by atoms with van der Waals surface area (Å²) >= 11 is 0. The Morgan fingerprint density at radius 3 is 2.21 bits per heavy atom. The molecule has 1 atom stereocenters. The first kappa shape index (κ1) is 24.1. The highest BCUT2D eigenvalue weighted by Gasteiger charge is 2.28. The van der Waals surface area contributed by atoms with Gasteiger partial charge >= 0.3 is 0 Å². The van der Waals surface area contributed by atoms with Crippen molar-refractivity contribution in [2.45, 2.75) is 17.9 Å². The van der Waals surface area contributed by atoms with Crippen molar-refractivity contribution in [2.24, 2.45) is 0 Å². The fourth-order valence-electron chi connectivity index (χ4n) is 3.32. The van der Waals surface area contributed by atoms with Crippen LogP contribution in [0.3, 0.4) is 0 Å². The maximum absolute atomic E-state index is 13.5. The SMILES string of the molecule is COc1ccc(S(=O)(=O)N(CC(=O)NC(C)c2ccccc2OC)c2ccc(F)cc2)cc1. The van der Waals surface area contributed by atoms with Gasteiger partial charge in [0.25, 0.3) is 10.0 Å². The van der Waals surface area contributed by atoms with Gasteiger partial charge in [0.2, 0.25) is 5.91 Å². The van der Waals surface area contributed by atoms with E-state index < -0.39 is 34.3 Å². The van der Waals surface area contributed by atoms with Crippen molar-refractivity contribution < 1.29 is 27.1 Å². The second kappa shape index (κ2) is 10.4. The quantitative estimate of drug-likeness (QED) is 0.510. The molecule has 0 aliphatic rings. The molecule has 0 bridgehead atoms. The summed E-state index contributed by atoms with van der Waals surface area (Å²) in [5, 5.41) is 2.81. The Morgan fingerprint density at radius 1 is 0.970 bits per heavy atom. The molecule has 0 heterocycles. The van der Waals surface area contributed by atoms with Gasteiger partial charge in [-0.15, -0.1) is 0 Å². The molecule has 3 rings (SSSR count). The molecule has 0 aromatic heterocycles. The number of sulfonamides is 1. The van der Waals surface area contributed by atoms with Crippen LogP contribution in [0.5, 0.6) is 11.5 Å². The summed E-state index contributed by atoms with van der Waals surface area (Å²) in [6.45, 7) is 1.27. The number of ether oxygens (including phenoxy) is 2. The third kappa shape index (κ3) is 5.61. The minimum Gasteiger partial charge on any atom is -0.497 e. The van der Waals surface area contributed by atoms with Gasteiger partial charge in [-0.1, -0.05) is 18.2 Å². The van der Waals surface area contributed by atoms with E-state index in [0.29, 0.717) is 11.5 Å². The van der Waals surface area contributed by atoms with Crippen LogP contribution in [-0.2, 0) is 14.8 Å². The molecule has 3 aromatic carbocycles. The van der Waals surface area contributed by atoms with E-state index in [2.05, 4.69) is 5.32 Å². The van der Waals surface area contributed by atoms with E-state index in [-0.39, 0.29) is 10.6 Å². The average molecular weight is 473 g/mol. The maximum Gasteiger partial charge on any atom is 0.264 e. The highest BCUT2D eigenvalue weighted by atomic mass is 32.2. The van der Waals surface area contributed by atoms with Crippen molar-refractivity contribution in [3.05, 3.63) is 84.2 Å². The summed E-state index contributed by atoms with van der Waals surface area (Å²) in [6, 6.07) is 17.5. The number of nitrogens with zero attached hydrogens (tertiary/aromatic N) is 1. The first-order chi connectivity index (χ1) is 15.8. The van der Waals surface area contributed by atoms with E-state index in [1.165, 1.54) is 50.6 Å². The van der Waals surface area contributed by atoms with Crippen molar-refractivity contribution in [3.8, 4) is 11.5 Å². The summed E-state index contributed by atoms with van der Waals surface area (Å²) in [5.74, 6) is 0.0433. The largest absolute Gasteiger partial charge is 0.497 e. The summed E-state index contributed by atoms with van der Waals surface area (Å²) in [7, 11) is -1.12. The third-order valence-electron chi connectivity index (χ3n) is 5.03. The number of nitrogens with one attached hydrogen (secondary N) is 1. The average Bonchev–Trinajstić information content (AvgIpc) is 2.83. The lowest BCUT2D eigenvalue weighted by Gasteiger charge is -2.25. The van der Waals surface area contributed by atoms with Gasteiger partial charge in [0.15, 0.2) is 0 Å². The second-order valence-corrected chi connectivity index (χ2v) is 9.06. The van der Waals surface area contributed by atoms with Gasteiger partial charge in [-0.25, -0.2) is 12.8 Å². The number of para-hydroxylation sites is 1. The number of carbonyl (C=O) groups excluding carboxylic acids is 1. The Bertz CT molecular complexity index is 1200. The summed E-state index contributed by atoms with van der Waals surface area (Å²) in [6.07, 6.45) is 0. The molecular weight excluding hydrogens is 447 g/mol. The molecule has 1 amide bonds. The van der Waals surface area contributed by atoms with E-state index in [1.807, 2.05) is 18.2 Å². The Hall–Kier alpha value is -3.59. The summed E-state index contributed by atoms with van der Waals surface area (Å²) in [4.78, 5) is 12.9. The zero-order valence-electron chi connectivity index (χ0n) is 18.5. The third-order valence-corrected chi connectivity index (χ3v) is 6.82. The van der Waals surface area contributed by atoms with Crippen LogP contribution in [0.1, 0.15) is 18.5 Å². The second-order valence-electron chi connectivity index (χ2n) is 7.19. The van der Waals surface area contributed by atoms with E-state index in [1.54, 1.807) is 13.0 Å². The van der Waals surface area contributed by atoms with Crippen molar-refractivity contribution in [2.75, 3.05) is 25.1 Å². The van der Waals surface area contributed by atoms with Gasteiger partial charge in [0.05, 0.1) is 30.8 Å². The molecule has 0 aliphatic heterocycles. The van der Waals surface area contributed by atoms with Crippen LogP contribution in [0.25, 0.3) is 0 Å². The fraction of sp³-hybridized carbons (Fsp3) is 0.208. The predicted octanol–water partition coefficient (Wildman–Crippen LogP) is 3.92. The molecular formula is C24H25FN2O5S. The Kier molecular flexibility index (Phi) is 7.55. The van der Waals surface area contributed by atoms with Crippen LogP contribution in [0.15, 0.2) is 77.7 Å². The molecule has 3 aromatic rings. The monoisotopic (exact) mass is 472 g/mol. The molecule has 1 unspecified atom stereocenters. The van der Waals surface area contributed by atoms with Gasteiger partial charge < -0.3 is 14.8 Å². The van der Waals surface area contributed by atoms with Gasteiger partial charge in [0, 0.05) is 5.56 Å². The zero-order valence-corrected chi connectivity index (χ0v) is 19.3. The van der Waals surface area contributed by atoms with Crippen LogP contribution in [0.2, 0.25) is 0 Å². The molecule has 0 radical (unpaired) electrons. The van der Waals surface area contributed by atoms with Gasteiger partial charge in [-0.3, -0.25) is 9.10 Å². The molecule has 174 valence electrons. The predicted molar refractivity (Wildman–Crippen MR) is 123 cm³/mol. The molecule has 0 saturated heterocycles. The number of methoxy groups -OCH3 is 2. The lowest BCUT2D eigenvalue weighted by atomic mass is 10.1. The minimum atomic E-state index is -4.13. The van der Waals surface area contributed by atoms with Gasteiger partial charge in [0.1, 0.15) is 23.9 Å². The first-order valence-corrected chi connectivity index (χ1v) is 11.5. The normalized spacial score (nSPS) is 12.0. The number of halogens is 1. The molecule has 33 heavy (non-hydrogen) atoms. The molecule has 0 spiro atoms. The minimum absolute atomic E-state index is 0.0294. The number of hydrogen-bond donors (Lipinski definition) is 1. The molecule has 9 heteroatoms. The number of rotatable bonds is 9. The standard InChI is InChI=1S/C24H25FN2O5S/c1-17(22-6-4-5-7-23(22)32-3)26-24(28)16-27(19-10-8-18(25)9-11-19)33(29,30)21-14-12-20(31-2)13-15-21/h4-15,17H,16H2,1-3H3,(H,26,28). The van der Waals surface area contributed by atoms with Crippen molar-refractivity contribution in [1.82, 2.24) is 5.32 Å². The van der Waals surface area contributed by atoms with Gasteiger partial charge in [-0.05, 0) is 61.5 Å². The summed E-state index contributed by atoms with van der Waals surface area (Å²) in [5.41, 5.74) is 0.909. The number of anilines is 1. The van der Waals surface area contributed by atoms with Crippen molar-refractivity contribution in [1.29, 1.82) is 0 Å². The van der Waals surface area contributed by atoms with Crippen molar-refractivity contribution >= 4 is 21.6 Å². The number of amides is 1. The van der Waals surface area contributed by atoms with E-state index in [4.69, 9.17) is 9.47 Å². The van der Waals surface area contributed by atoms with Crippen molar-refractivity contribution in [3.63, 3.8) is 0 Å². The van der Waals surface area contributed by atoms with Gasteiger partial charge in [-0.2, -0.15) is 0 Å². The van der Waals surface area contributed by atoms with Crippen LogP contribution in [-0.4, -0.2) is 35.1 Å². The highest BCUT2D eigenvalue weighted by molar-refractivity contribution is 7.92. The van der Waals surface area contributed by atoms with E-state index >= 15 is 0 Å². The van der Waals surface area contributed by atoms with Crippen LogP contribution in [0.4, 0.5) is 10.1 Å².